The molecule has 0 saturated heterocycles. The second-order valence-electron chi connectivity index (χ2n) is 9.80. The van der Waals surface area contributed by atoms with E-state index in [0.29, 0.717) is 25.2 Å². The predicted molar refractivity (Wildman–Crippen MR) is 94.3 cm³/mol. The van der Waals surface area contributed by atoms with Crippen LogP contribution in [0.2, 0.25) is 0 Å². The highest BCUT2D eigenvalue weighted by atomic mass is 16.3. The fraction of sp³-hybridized carbons (Fsp3) is 0.905. The van der Waals surface area contributed by atoms with Crippen molar-refractivity contribution in [1.29, 1.82) is 0 Å². The standard InChI is InChI=1S/C21H32O4/c1-4-21(25)10-6-13-17-12(5-9-20(13,21)3)19(2)8-7-15(22)18(24)14(19)11-16(17)23/h1,12-18,22-25H,5-11H2,2-3H3/t12-,13-,14?,15-,16-,17+,18+,19+,20-,21-/m0/s1. The molecule has 25 heavy (non-hydrogen) atoms. The van der Waals surface area contributed by atoms with Crippen LogP contribution in [0.25, 0.3) is 0 Å². The van der Waals surface area contributed by atoms with Crippen molar-refractivity contribution in [2.24, 2.45) is 34.5 Å². The lowest BCUT2D eigenvalue weighted by molar-refractivity contribution is -0.212. The number of fused-ring (bicyclic) bond motifs is 5. The van der Waals surface area contributed by atoms with Crippen molar-refractivity contribution in [3.63, 3.8) is 0 Å². The molecule has 0 amide bonds. The normalized spacial score (nSPS) is 60.9. The molecule has 0 radical (unpaired) electrons. The number of terminal acetylenes is 1. The smallest absolute Gasteiger partial charge is 0.130 e. The van der Waals surface area contributed by atoms with E-state index < -0.39 is 23.9 Å². The van der Waals surface area contributed by atoms with Crippen LogP contribution in [0.4, 0.5) is 0 Å². The van der Waals surface area contributed by atoms with Gasteiger partial charge in [0.05, 0.1) is 18.3 Å². The predicted octanol–water partition coefficient (Wildman–Crippen LogP) is 1.70. The van der Waals surface area contributed by atoms with E-state index in [4.69, 9.17) is 6.42 Å². The van der Waals surface area contributed by atoms with E-state index in [2.05, 4.69) is 19.8 Å². The van der Waals surface area contributed by atoms with Crippen LogP contribution in [-0.4, -0.2) is 44.3 Å². The highest BCUT2D eigenvalue weighted by molar-refractivity contribution is 5.24. The van der Waals surface area contributed by atoms with Gasteiger partial charge in [-0.1, -0.05) is 19.8 Å². The lowest BCUT2D eigenvalue weighted by Crippen LogP contribution is -2.63. The largest absolute Gasteiger partial charge is 0.393 e. The third-order valence-corrected chi connectivity index (χ3v) is 9.14. The van der Waals surface area contributed by atoms with E-state index in [1.165, 1.54) is 0 Å². The molecule has 0 heterocycles. The van der Waals surface area contributed by atoms with Gasteiger partial charge in [0.25, 0.3) is 0 Å². The molecule has 4 rings (SSSR count). The van der Waals surface area contributed by atoms with Crippen molar-refractivity contribution in [2.75, 3.05) is 0 Å². The molecule has 10 atom stereocenters. The summed E-state index contributed by atoms with van der Waals surface area (Å²) < 4.78 is 0. The summed E-state index contributed by atoms with van der Waals surface area (Å²) in [4.78, 5) is 0. The summed E-state index contributed by atoms with van der Waals surface area (Å²) in [7, 11) is 0. The molecular formula is C21H32O4. The first-order valence-corrected chi connectivity index (χ1v) is 9.92. The van der Waals surface area contributed by atoms with E-state index >= 15 is 0 Å². The van der Waals surface area contributed by atoms with Crippen molar-refractivity contribution < 1.29 is 20.4 Å². The Bertz CT molecular complexity index is 599. The average molecular weight is 348 g/mol. The maximum Gasteiger partial charge on any atom is 0.130 e. The summed E-state index contributed by atoms with van der Waals surface area (Å²) in [6, 6.07) is 0. The molecule has 4 fully saturated rings. The van der Waals surface area contributed by atoms with Gasteiger partial charge in [-0.15, -0.1) is 6.42 Å². The Morgan fingerprint density at radius 2 is 1.56 bits per heavy atom. The van der Waals surface area contributed by atoms with E-state index in [-0.39, 0.29) is 28.6 Å². The Morgan fingerprint density at radius 1 is 0.880 bits per heavy atom. The van der Waals surface area contributed by atoms with Crippen molar-refractivity contribution in [3.8, 4) is 12.3 Å². The lowest BCUT2D eigenvalue weighted by atomic mass is 9.43. The maximum atomic E-state index is 11.0. The number of aliphatic hydroxyl groups is 4. The molecule has 0 aromatic heterocycles. The fourth-order valence-electron chi connectivity index (χ4n) is 7.52. The Kier molecular flexibility index (Phi) is 3.88. The van der Waals surface area contributed by atoms with Crippen molar-refractivity contribution >= 4 is 0 Å². The number of hydrogen-bond donors (Lipinski definition) is 4. The monoisotopic (exact) mass is 348 g/mol. The van der Waals surface area contributed by atoms with Crippen LogP contribution in [-0.2, 0) is 0 Å². The SMILES string of the molecule is C#C[C@]1(O)CC[C@H]2[C@@H]3[C@@H](O)CC4[C@@H](O)[C@@H](O)CC[C@]4(C)[C@H]3CC[C@@]21C. The summed E-state index contributed by atoms with van der Waals surface area (Å²) in [5.74, 6) is 3.30. The Balaban J connectivity index is 1.71. The van der Waals surface area contributed by atoms with E-state index in [1.807, 2.05) is 0 Å². The van der Waals surface area contributed by atoms with Gasteiger partial charge in [-0.2, -0.15) is 0 Å². The highest BCUT2D eigenvalue weighted by Crippen LogP contribution is 2.68. The molecule has 0 aliphatic heterocycles. The maximum absolute atomic E-state index is 11.0. The lowest BCUT2D eigenvalue weighted by Gasteiger charge is -2.63. The molecule has 4 nitrogen and oxygen atoms in total. The molecule has 4 aliphatic rings. The second kappa shape index (κ2) is 5.45. The van der Waals surface area contributed by atoms with Crippen LogP contribution in [0.15, 0.2) is 0 Å². The van der Waals surface area contributed by atoms with E-state index in [1.54, 1.807) is 0 Å². The second-order valence-corrected chi connectivity index (χ2v) is 9.80. The first-order valence-electron chi connectivity index (χ1n) is 9.92. The summed E-state index contributed by atoms with van der Waals surface area (Å²) >= 11 is 0. The van der Waals surface area contributed by atoms with Gasteiger partial charge in [-0.3, -0.25) is 0 Å². The zero-order valence-electron chi connectivity index (χ0n) is 15.4. The van der Waals surface area contributed by atoms with Gasteiger partial charge in [0.2, 0.25) is 0 Å². The zero-order valence-corrected chi connectivity index (χ0v) is 15.4. The molecule has 4 saturated carbocycles. The minimum atomic E-state index is -1.07. The summed E-state index contributed by atoms with van der Waals surface area (Å²) in [5.41, 5.74) is -1.46. The minimum absolute atomic E-state index is 0.0511. The number of hydrogen-bond acceptors (Lipinski definition) is 4. The molecule has 4 heteroatoms. The molecule has 4 aliphatic carbocycles. The molecule has 0 spiro atoms. The van der Waals surface area contributed by atoms with Crippen molar-refractivity contribution in [3.05, 3.63) is 0 Å². The first kappa shape index (κ1) is 17.8. The van der Waals surface area contributed by atoms with Crippen LogP contribution in [0.3, 0.4) is 0 Å². The Labute approximate surface area is 150 Å². The van der Waals surface area contributed by atoms with Crippen LogP contribution in [0, 0.1) is 46.8 Å². The zero-order chi connectivity index (χ0) is 18.2. The van der Waals surface area contributed by atoms with Crippen LogP contribution in [0.1, 0.15) is 58.8 Å². The minimum Gasteiger partial charge on any atom is -0.393 e. The molecule has 4 N–H and O–H groups in total. The molecule has 0 aromatic rings. The Morgan fingerprint density at radius 3 is 2.24 bits per heavy atom. The third kappa shape index (κ3) is 2.10. The highest BCUT2D eigenvalue weighted by Gasteiger charge is 2.67. The van der Waals surface area contributed by atoms with Crippen molar-refractivity contribution in [1.82, 2.24) is 0 Å². The number of aliphatic hydroxyl groups excluding tert-OH is 3. The summed E-state index contributed by atoms with van der Waals surface area (Å²) in [6.45, 7) is 4.36. The molecular weight excluding hydrogens is 316 g/mol. The van der Waals surface area contributed by atoms with Crippen LogP contribution >= 0.6 is 0 Å². The molecule has 1 unspecified atom stereocenters. The van der Waals surface area contributed by atoms with Crippen LogP contribution in [0.5, 0.6) is 0 Å². The quantitative estimate of drug-likeness (QED) is 0.502. The average Bonchev–Trinajstić information content (AvgIpc) is 2.86. The van der Waals surface area contributed by atoms with Gasteiger partial charge in [0, 0.05) is 5.41 Å². The van der Waals surface area contributed by atoms with Crippen LogP contribution < -0.4 is 0 Å². The third-order valence-electron chi connectivity index (χ3n) is 9.14. The van der Waals surface area contributed by atoms with Gasteiger partial charge >= 0.3 is 0 Å². The molecule has 0 bridgehead atoms. The van der Waals surface area contributed by atoms with Gasteiger partial charge < -0.3 is 20.4 Å². The first-order chi connectivity index (χ1) is 11.7. The van der Waals surface area contributed by atoms with Gasteiger partial charge in [-0.05, 0) is 74.0 Å². The topological polar surface area (TPSA) is 80.9 Å². The molecule has 0 aromatic carbocycles. The summed E-state index contributed by atoms with van der Waals surface area (Å²) in [5, 5.41) is 42.7. The van der Waals surface area contributed by atoms with Gasteiger partial charge in [0.15, 0.2) is 0 Å². The van der Waals surface area contributed by atoms with E-state index in [0.717, 1.165) is 25.7 Å². The molecule has 140 valence electrons. The summed E-state index contributed by atoms with van der Waals surface area (Å²) in [6.07, 6.45) is 9.13. The fourth-order valence-corrected chi connectivity index (χ4v) is 7.52. The van der Waals surface area contributed by atoms with Gasteiger partial charge in [-0.25, -0.2) is 0 Å². The Hall–Kier alpha value is -0.600. The van der Waals surface area contributed by atoms with Crippen molar-refractivity contribution in [2.45, 2.75) is 82.7 Å². The van der Waals surface area contributed by atoms with E-state index in [9.17, 15) is 20.4 Å². The number of rotatable bonds is 0. The van der Waals surface area contributed by atoms with Gasteiger partial charge in [0.1, 0.15) is 5.60 Å².